The molecule has 0 aliphatic carbocycles. The van der Waals surface area contributed by atoms with E-state index in [0.717, 1.165) is 23.0 Å². The van der Waals surface area contributed by atoms with E-state index in [-0.39, 0.29) is 18.3 Å². The number of H-pyrrole nitrogens is 1. The Morgan fingerprint density at radius 3 is 2.82 bits per heavy atom. The normalized spacial score (nSPS) is 16.5. The molecule has 1 aromatic carbocycles. The van der Waals surface area contributed by atoms with Gasteiger partial charge in [0.1, 0.15) is 6.04 Å². The molecule has 0 saturated carbocycles. The number of thiophene rings is 1. The number of ketones is 1. The SMILES string of the molecule is Cc1[nH]c2ccccc2c1C(=O)COC(=O)[C@@H]1CCCN1C(=O)c1cccs1. The smallest absolute Gasteiger partial charge is 0.329 e. The van der Waals surface area contributed by atoms with E-state index in [0.29, 0.717) is 23.4 Å². The summed E-state index contributed by atoms with van der Waals surface area (Å²) in [4.78, 5) is 43.2. The Labute approximate surface area is 166 Å². The van der Waals surface area contributed by atoms with Crippen molar-refractivity contribution >= 4 is 39.9 Å². The number of rotatable bonds is 5. The number of fused-ring (bicyclic) bond motifs is 1. The molecule has 2 aromatic heterocycles. The molecule has 1 fully saturated rings. The largest absolute Gasteiger partial charge is 0.456 e. The Balaban J connectivity index is 1.44. The van der Waals surface area contributed by atoms with Gasteiger partial charge in [-0.2, -0.15) is 0 Å². The Hall–Kier alpha value is -2.93. The molecule has 7 heteroatoms. The number of para-hydroxylation sites is 1. The maximum Gasteiger partial charge on any atom is 0.329 e. The maximum atomic E-state index is 12.7. The van der Waals surface area contributed by atoms with Crippen molar-refractivity contribution in [2.75, 3.05) is 13.2 Å². The number of benzene rings is 1. The van der Waals surface area contributed by atoms with Gasteiger partial charge in [-0.25, -0.2) is 4.79 Å². The first-order valence-corrected chi connectivity index (χ1v) is 10.1. The number of nitrogens with zero attached hydrogens (tertiary/aromatic N) is 1. The lowest BCUT2D eigenvalue weighted by Crippen LogP contribution is -2.41. The summed E-state index contributed by atoms with van der Waals surface area (Å²) in [6, 6.07) is 10.5. The zero-order chi connectivity index (χ0) is 19.7. The minimum Gasteiger partial charge on any atom is -0.456 e. The van der Waals surface area contributed by atoms with Crippen LogP contribution in [-0.4, -0.2) is 46.7 Å². The fourth-order valence-corrected chi connectivity index (χ4v) is 4.42. The van der Waals surface area contributed by atoms with Crippen LogP contribution in [0.5, 0.6) is 0 Å². The van der Waals surface area contributed by atoms with E-state index >= 15 is 0 Å². The molecule has 1 aliphatic heterocycles. The third kappa shape index (κ3) is 3.33. The van der Waals surface area contributed by atoms with Gasteiger partial charge in [-0.05, 0) is 37.3 Å². The highest BCUT2D eigenvalue weighted by atomic mass is 32.1. The fourth-order valence-electron chi connectivity index (χ4n) is 3.74. The van der Waals surface area contributed by atoms with Gasteiger partial charge in [-0.15, -0.1) is 11.3 Å². The van der Waals surface area contributed by atoms with Crippen molar-refractivity contribution in [3.8, 4) is 0 Å². The quantitative estimate of drug-likeness (QED) is 0.528. The highest BCUT2D eigenvalue weighted by Crippen LogP contribution is 2.24. The highest BCUT2D eigenvalue weighted by molar-refractivity contribution is 7.12. The number of likely N-dealkylation sites (tertiary alicyclic amines) is 1. The van der Waals surface area contributed by atoms with Crippen molar-refractivity contribution in [2.45, 2.75) is 25.8 Å². The van der Waals surface area contributed by atoms with Crippen LogP contribution in [0.1, 0.15) is 38.6 Å². The van der Waals surface area contributed by atoms with Gasteiger partial charge in [0.2, 0.25) is 5.78 Å². The van der Waals surface area contributed by atoms with Crippen LogP contribution >= 0.6 is 11.3 Å². The van der Waals surface area contributed by atoms with Crippen molar-refractivity contribution in [1.82, 2.24) is 9.88 Å². The number of carbonyl (C=O) groups excluding carboxylic acids is 3. The summed E-state index contributed by atoms with van der Waals surface area (Å²) < 4.78 is 5.32. The second kappa shape index (κ2) is 7.59. The molecule has 144 valence electrons. The Bertz CT molecular complexity index is 1040. The van der Waals surface area contributed by atoms with Crippen molar-refractivity contribution in [3.63, 3.8) is 0 Å². The predicted octanol–water partition coefficient (Wildman–Crippen LogP) is 3.57. The van der Waals surface area contributed by atoms with Crippen molar-refractivity contribution in [2.24, 2.45) is 0 Å². The van der Waals surface area contributed by atoms with E-state index in [4.69, 9.17) is 4.74 Å². The molecule has 1 amide bonds. The number of carbonyl (C=O) groups is 3. The molecule has 0 bridgehead atoms. The fraction of sp³-hybridized carbons (Fsp3) is 0.286. The molecule has 0 spiro atoms. The van der Waals surface area contributed by atoms with Gasteiger partial charge in [-0.3, -0.25) is 9.59 Å². The number of hydrogen-bond acceptors (Lipinski definition) is 5. The Kier molecular flexibility index (Phi) is 5.00. The summed E-state index contributed by atoms with van der Waals surface area (Å²) in [5, 5.41) is 2.65. The second-order valence-corrected chi connectivity index (χ2v) is 7.78. The lowest BCUT2D eigenvalue weighted by Gasteiger charge is -2.22. The lowest BCUT2D eigenvalue weighted by molar-refractivity contribution is -0.147. The number of aromatic nitrogens is 1. The molecule has 1 N–H and O–H groups in total. The first kappa shape index (κ1) is 18.4. The third-order valence-corrected chi connectivity index (χ3v) is 5.89. The van der Waals surface area contributed by atoms with Crippen LogP contribution in [0.2, 0.25) is 0 Å². The van der Waals surface area contributed by atoms with Crippen LogP contribution in [-0.2, 0) is 9.53 Å². The average Bonchev–Trinajstić information content (AvgIpc) is 3.43. The standard InChI is InChI=1S/C21H20N2O4S/c1-13-19(14-6-2-3-7-15(14)22-13)17(24)12-27-21(26)16-8-4-10-23(16)20(25)18-9-5-11-28-18/h2-3,5-7,9,11,16,22H,4,8,10,12H2,1H3/t16-/m0/s1. The van der Waals surface area contributed by atoms with Crippen LogP contribution in [0, 0.1) is 6.92 Å². The van der Waals surface area contributed by atoms with Gasteiger partial charge >= 0.3 is 5.97 Å². The molecule has 1 aliphatic rings. The summed E-state index contributed by atoms with van der Waals surface area (Å²) >= 11 is 1.35. The maximum absolute atomic E-state index is 12.7. The number of aromatic amines is 1. The average molecular weight is 396 g/mol. The summed E-state index contributed by atoms with van der Waals surface area (Å²) in [6.45, 7) is 2.01. The molecule has 0 radical (unpaired) electrons. The van der Waals surface area contributed by atoms with E-state index in [1.165, 1.54) is 11.3 Å². The van der Waals surface area contributed by atoms with Crippen LogP contribution in [0.4, 0.5) is 0 Å². The number of aryl methyl sites for hydroxylation is 1. The number of nitrogens with one attached hydrogen (secondary N) is 1. The first-order valence-electron chi connectivity index (χ1n) is 9.18. The number of Topliss-reactive ketones (excluding diaryl/α,β-unsaturated/α-hetero) is 1. The monoisotopic (exact) mass is 396 g/mol. The molecular weight excluding hydrogens is 376 g/mol. The minimum atomic E-state index is -0.633. The van der Waals surface area contributed by atoms with E-state index in [2.05, 4.69) is 4.98 Å². The lowest BCUT2D eigenvalue weighted by atomic mass is 10.1. The minimum absolute atomic E-state index is 0.159. The van der Waals surface area contributed by atoms with Gasteiger partial charge < -0.3 is 14.6 Å². The summed E-state index contributed by atoms with van der Waals surface area (Å²) in [5.74, 6) is -0.932. The zero-order valence-electron chi connectivity index (χ0n) is 15.4. The van der Waals surface area contributed by atoms with Crippen molar-refractivity contribution in [3.05, 3.63) is 57.9 Å². The number of amides is 1. The highest BCUT2D eigenvalue weighted by Gasteiger charge is 2.36. The van der Waals surface area contributed by atoms with Crippen LogP contribution in [0.25, 0.3) is 10.9 Å². The third-order valence-electron chi connectivity index (χ3n) is 5.04. The molecule has 4 rings (SSSR count). The van der Waals surface area contributed by atoms with Gasteiger partial charge in [0.15, 0.2) is 6.61 Å². The molecule has 1 atom stereocenters. The number of ether oxygens (including phenoxy) is 1. The van der Waals surface area contributed by atoms with Crippen molar-refractivity contribution in [1.29, 1.82) is 0 Å². The summed E-state index contributed by atoms with van der Waals surface area (Å²) in [6.07, 6.45) is 1.29. The van der Waals surface area contributed by atoms with Crippen LogP contribution < -0.4 is 0 Å². The topological polar surface area (TPSA) is 79.5 Å². The van der Waals surface area contributed by atoms with Gasteiger partial charge in [0, 0.05) is 28.7 Å². The van der Waals surface area contributed by atoms with Gasteiger partial charge in [-0.1, -0.05) is 24.3 Å². The van der Waals surface area contributed by atoms with E-state index in [1.54, 1.807) is 11.0 Å². The van der Waals surface area contributed by atoms with E-state index in [1.807, 2.05) is 42.6 Å². The molecular formula is C21H20N2O4S. The number of esters is 1. The molecule has 6 nitrogen and oxygen atoms in total. The second-order valence-electron chi connectivity index (χ2n) is 6.84. The molecule has 3 heterocycles. The van der Waals surface area contributed by atoms with Crippen LogP contribution in [0.15, 0.2) is 41.8 Å². The Morgan fingerprint density at radius 1 is 1.21 bits per heavy atom. The van der Waals surface area contributed by atoms with Crippen LogP contribution in [0.3, 0.4) is 0 Å². The number of hydrogen-bond donors (Lipinski definition) is 1. The summed E-state index contributed by atoms with van der Waals surface area (Å²) in [5.41, 5.74) is 2.16. The van der Waals surface area contributed by atoms with E-state index in [9.17, 15) is 14.4 Å². The first-order chi connectivity index (χ1) is 13.6. The van der Waals surface area contributed by atoms with Gasteiger partial charge in [0.25, 0.3) is 5.91 Å². The van der Waals surface area contributed by atoms with E-state index < -0.39 is 12.0 Å². The Morgan fingerprint density at radius 2 is 2.04 bits per heavy atom. The summed E-state index contributed by atoms with van der Waals surface area (Å²) in [7, 11) is 0. The molecule has 28 heavy (non-hydrogen) atoms. The van der Waals surface area contributed by atoms with Gasteiger partial charge in [0.05, 0.1) is 4.88 Å². The molecule has 0 unspecified atom stereocenters. The molecule has 3 aromatic rings. The predicted molar refractivity (Wildman–Crippen MR) is 107 cm³/mol. The zero-order valence-corrected chi connectivity index (χ0v) is 16.3. The van der Waals surface area contributed by atoms with Crippen molar-refractivity contribution < 1.29 is 19.1 Å². The molecule has 1 saturated heterocycles.